The van der Waals surface area contributed by atoms with Crippen molar-refractivity contribution in [1.82, 2.24) is 14.9 Å². The van der Waals surface area contributed by atoms with Crippen molar-refractivity contribution in [2.75, 3.05) is 17.9 Å². The standard InChI is InChI=1S/C24H20ClN5O2S/c1-32-19-13-11-18(12-14-19)26-23(31)21-20(15-7-9-17(25)10-8-15)29-30-22(27-28-24(30)33-21)16-5-3-2-4-6-16/h2-14,20-21,29H,1H3,(H,26,31)/t20-,21-/m0/s1. The molecule has 0 saturated carbocycles. The second-order valence-corrected chi connectivity index (χ2v) is 8.97. The molecule has 0 spiro atoms. The molecule has 1 aliphatic heterocycles. The summed E-state index contributed by atoms with van der Waals surface area (Å²) in [7, 11) is 1.61. The average Bonchev–Trinajstić information content (AvgIpc) is 3.28. The van der Waals surface area contributed by atoms with Crippen LogP contribution in [0, 0.1) is 0 Å². The third-order valence-corrected chi connectivity index (χ3v) is 6.78. The zero-order valence-electron chi connectivity index (χ0n) is 17.6. The number of methoxy groups -OCH3 is 1. The molecule has 0 bridgehead atoms. The van der Waals surface area contributed by atoms with Gasteiger partial charge in [0, 0.05) is 16.3 Å². The van der Waals surface area contributed by atoms with Crippen molar-refractivity contribution in [2.45, 2.75) is 16.4 Å². The molecular formula is C24H20ClN5O2S. The fourth-order valence-electron chi connectivity index (χ4n) is 3.64. The van der Waals surface area contributed by atoms with Crippen LogP contribution in [0.3, 0.4) is 0 Å². The minimum absolute atomic E-state index is 0.145. The van der Waals surface area contributed by atoms with Gasteiger partial charge in [0.1, 0.15) is 11.0 Å². The van der Waals surface area contributed by atoms with Gasteiger partial charge in [-0.15, -0.1) is 10.2 Å². The molecule has 0 fully saturated rings. The lowest BCUT2D eigenvalue weighted by atomic mass is 10.0. The Morgan fingerprint density at radius 1 is 1.03 bits per heavy atom. The van der Waals surface area contributed by atoms with E-state index < -0.39 is 5.25 Å². The summed E-state index contributed by atoms with van der Waals surface area (Å²) in [4.78, 5) is 13.4. The van der Waals surface area contributed by atoms with Gasteiger partial charge in [-0.25, -0.2) is 4.68 Å². The molecule has 33 heavy (non-hydrogen) atoms. The Labute approximate surface area is 200 Å². The van der Waals surface area contributed by atoms with Crippen LogP contribution in [0.5, 0.6) is 5.75 Å². The SMILES string of the molecule is COc1ccc(NC(=O)[C@H]2Sc3nnc(-c4ccccc4)n3N[C@H]2c2ccc(Cl)cc2)cc1. The summed E-state index contributed by atoms with van der Waals surface area (Å²) in [5, 5.41) is 12.5. The number of amides is 1. The number of hydrogen-bond acceptors (Lipinski definition) is 6. The molecule has 2 N–H and O–H groups in total. The van der Waals surface area contributed by atoms with E-state index in [1.54, 1.807) is 19.2 Å². The highest BCUT2D eigenvalue weighted by Crippen LogP contribution is 2.39. The van der Waals surface area contributed by atoms with Gasteiger partial charge in [-0.1, -0.05) is 65.8 Å². The third kappa shape index (κ3) is 4.40. The number of nitrogens with one attached hydrogen (secondary N) is 2. The molecule has 0 radical (unpaired) electrons. The lowest BCUT2D eigenvalue weighted by molar-refractivity contribution is -0.116. The van der Waals surface area contributed by atoms with E-state index in [0.29, 0.717) is 21.7 Å². The summed E-state index contributed by atoms with van der Waals surface area (Å²) in [6, 6.07) is 24.2. The van der Waals surface area contributed by atoms with Crippen LogP contribution in [0.2, 0.25) is 5.02 Å². The third-order valence-electron chi connectivity index (χ3n) is 5.31. The summed E-state index contributed by atoms with van der Waals surface area (Å²) >= 11 is 7.48. The van der Waals surface area contributed by atoms with Gasteiger partial charge >= 0.3 is 0 Å². The maximum Gasteiger partial charge on any atom is 0.240 e. The van der Waals surface area contributed by atoms with Crippen LogP contribution < -0.4 is 15.5 Å². The minimum Gasteiger partial charge on any atom is -0.497 e. The van der Waals surface area contributed by atoms with Crippen molar-refractivity contribution >= 4 is 35.0 Å². The number of aromatic nitrogens is 3. The molecule has 166 valence electrons. The van der Waals surface area contributed by atoms with Crippen LogP contribution >= 0.6 is 23.4 Å². The summed E-state index contributed by atoms with van der Waals surface area (Å²) in [5.41, 5.74) is 6.01. The van der Waals surface area contributed by atoms with Gasteiger partial charge in [-0.05, 0) is 42.0 Å². The summed E-state index contributed by atoms with van der Waals surface area (Å²) in [5.74, 6) is 1.27. The van der Waals surface area contributed by atoms with E-state index in [9.17, 15) is 4.79 Å². The van der Waals surface area contributed by atoms with E-state index in [1.807, 2.05) is 71.4 Å². The molecule has 3 aromatic carbocycles. The monoisotopic (exact) mass is 477 g/mol. The van der Waals surface area contributed by atoms with Gasteiger partial charge in [0.15, 0.2) is 5.82 Å². The Bertz CT molecular complexity index is 1260. The molecule has 2 atom stereocenters. The highest BCUT2D eigenvalue weighted by molar-refractivity contribution is 8.00. The Kier molecular flexibility index (Phi) is 5.93. The van der Waals surface area contributed by atoms with Gasteiger partial charge < -0.3 is 15.5 Å². The molecule has 1 amide bonds. The summed E-state index contributed by atoms with van der Waals surface area (Å²) < 4.78 is 7.04. The number of benzene rings is 3. The van der Waals surface area contributed by atoms with Crippen LogP contribution in [-0.2, 0) is 4.79 Å². The Morgan fingerprint density at radius 2 is 1.76 bits per heavy atom. The predicted molar refractivity (Wildman–Crippen MR) is 130 cm³/mol. The topological polar surface area (TPSA) is 81.1 Å². The normalized spacial score (nSPS) is 17.0. The van der Waals surface area contributed by atoms with Gasteiger partial charge in [0.05, 0.1) is 13.2 Å². The van der Waals surface area contributed by atoms with E-state index >= 15 is 0 Å². The molecule has 4 aromatic rings. The van der Waals surface area contributed by atoms with Gasteiger partial charge in [-0.3, -0.25) is 4.79 Å². The van der Waals surface area contributed by atoms with Crippen LogP contribution in [0.25, 0.3) is 11.4 Å². The highest BCUT2D eigenvalue weighted by atomic mass is 35.5. The maximum atomic E-state index is 13.4. The maximum absolute atomic E-state index is 13.4. The summed E-state index contributed by atoms with van der Waals surface area (Å²) in [6.45, 7) is 0. The van der Waals surface area contributed by atoms with Crippen molar-refractivity contribution in [1.29, 1.82) is 0 Å². The zero-order chi connectivity index (χ0) is 22.8. The molecule has 0 saturated heterocycles. The molecule has 1 aliphatic rings. The Hall–Kier alpha value is -3.49. The molecule has 7 nitrogen and oxygen atoms in total. The van der Waals surface area contributed by atoms with Crippen LogP contribution in [0.4, 0.5) is 5.69 Å². The van der Waals surface area contributed by atoms with Gasteiger partial charge in [-0.2, -0.15) is 0 Å². The molecule has 9 heteroatoms. The average molecular weight is 478 g/mol. The number of carbonyl (C=O) groups excluding carboxylic acids is 1. The fraction of sp³-hybridized carbons (Fsp3) is 0.125. The first kappa shape index (κ1) is 21.4. The lowest BCUT2D eigenvalue weighted by Gasteiger charge is -2.33. The molecule has 1 aromatic heterocycles. The zero-order valence-corrected chi connectivity index (χ0v) is 19.2. The van der Waals surface area contributed by atoms with Gasteiger partial charge in [0.25, 0.3) is 0 Å². The molecule has 2 heterocycles. The van der Waals surface area contributed by atoms with Crippen molar-refractivity contribution < 1.29 is 9.53 Å². The smallest absolute Gasteiger partial charge is 0.240 e. The number of rotatable bonds is 5. The van der Waals surface area contributed by atoms with Crippen LogP contribution in [-0.4, -0.2) is 33.1 Å². The number of fused-ring (bicyclic) bond motifs is 1. The number of carbonyl (C=O) groups is 1. The van der Waals surface area contributed by atoms with Crippen molar-refractivity contribution in [3.8, 4) is 17.1 Å². The molecule has 0 unspecified atom stereocenters. The number of nitrogens with zero attached hydrogens (tertiary/aromatic N) is 3. The van der Waals surface area contributed by atoms with Crippen molar-refractivity contribution in [3.05, 3.63) is 89.4 Å². The first-order valence-corrected chi connectivity index (χ1v) is 11.5. The number of ether oxygens (including phenoxy) is 1. The largest absolute Gasteiger partial charge is 0.497 e. The number of thioether (sulfide) groups is 1. The van der Waals surface area contributed by atoms with E-state index in [0.717, 1.165) is 16.9 Å². The quantitative estimate of drug-likeness (QED) is 0.421. The molecule has 0 aliphatic carbocycles. The number of halogens is 1. The van der Waals surface area contributed by atoms with E-state index in [4.69, 9.17) is 16.3 Å². The second-order valence-electron chi connectivity index (χ2n) is 7.42. The van der Waals surface area contributed by atoms with E-state index in [-0.39, 0.29) is 11.9 Å². The Balaban J connectivity index is 1.48. The number of anilines is 1. The predicted octanol–water partition coefficient (Wildman–Crippen LogP) is 5.00. The van der Waals surface area contributed by atoms with Gasteiger partial charge in [0.2, 0.25) is 11.1 Å². The van der Waals surface area contributed by atoms with Crippen LogP contribution in [0.1, 0.15) is 11.6 Å². The highest BCUT2D eigenvalue weighted by Gasteiger charge is 2.38. The van der Waals surface area contributed by atoms with E-state index in [1.165, 1.54) is 11.8 Å². The van der Waals surface area contributed by atoms with E-state index in [2.05, 4.69) is 20.9 Å². The first-order valence-electron chi connectivity index (χ1n) is 10.3. The first-order chi connectivity index (χ1) is 16.1. The van der Waals surface area contributed by atoms with Crippen LogP contribution in [0.15, 0.2) is 84.0 Å². The fourth-order valence-corrected chi connectivity index (χ4v) is 4.84. The second kappa shape index (κ2) is 9.17. The van der Waals surface area contributed by atoms with Crippen molar-refractivity contribution in [2.24, 2.45) is 0 Å². The number of hydrogen-bond donors (Lipinski definition) is 2. The minimum atomic E-state index is -0.492. The van der Waals surface area contributed by atoms with Crippen molar-refractivity contribution in [3.63, 3.8) is 0 Å². The lowest BCUT2D eigenvalue weighted by Crippen LogP contribution is -2.41. The molecular weight excluding hydrogens is 458 g/mol. The summed E-state index contributed by atoms with van der Waals surface area (Å²) in [6.07, 6.45) is 0. The molecule has 5 rings (SSSR count). The Morgan fingerprint density at radius 3 is 2.45 bits per heavy atom.